The summed E-state index contributed by atoms with van der Waals surface area (Å²) in [5.74, 6) is -2.22. The zero-order valence-corrected chi connectivity index (χ0v) is 21.3. The number of carbonyl (C=O) groups is 1. The van der Waals surface area contributed by atoms with Crippen LogP contribution in [-0.4, -0.2) is 39.1 Å². The Hall–Kier alpha value is -2.23. The Kier molecular flexibility index (Phi) is 8.27. The topological polar surface area (TPSA) is 96.0 Å². The number of rotatable bonds is 7. The number of sulfone groups is 1. The molecule has 0 aliphatic heterocycles. The SMILES string of the molecule is CC.COC(=O)c1cc(S(C)(=O)=O)c(Oc2ccc(S(=O)OC)c(S(F)(F)(F)(F)F)c2)cc1C. The molecule has 15 heteroatoms. The summed E-state index contributed by atoms with van der Waals surface area (Å²) in [6.07, 6.45) is 0.747. The first-order chi connectivity index (χ1) is 15.3. The molecule has 7 nitrogen and oxygen atoms in total. The van der Waals surface area contributed by atoms with Crippen molar-refractivity contribution in [3.05, 3.63) is 41.5 Å². The monoisotopic (exact) mass is 554 g/mol. The molecule has 0 saturated carbocycles. The van der Waals surface area contributed by atoms with Gasteiger partial charge in [-0.05, 0) is 36.8 Å². The molecule has 0 saturated heterocycles. The van der Waals surface area contributed by atoms with Gasteiger partial charge >= 0.3 is 16.2 Å². The van der Waals surface area contributed by atoms with Crippen LogP contribution in [0.5, 0.6) is 11.5 Å². The number of hydrogen-bond acceptors (Lipinski definition) is 7. The molecule has 34 heavy (non-hydrogen) atoms. The van der Waals surface area contributed by atoms with Gasteiger partial charge in [-0.15, -0.1) is 0 Å². The van der Waals surface area contributed by atoms with Gasteiger partial charge in [0.05, 0.1) is 24.7 Å². The van der Waals surface area contributed by atoms with Crippen molar-refractivity contribution in [2.75, 3.05) is 20.5 Å². The molecule has 0 N–H and O–H groups in total. The van der Waals surface area contributed by atoms with Crippen LogP contribution in [0.3, 0.4) is 0 Å². The zero-order valence-electron chi connectivity index (χ0n) is 18.9. The maximum atomic E-state index is 13.5. The summed E-state index contributed by atoms with van der Waals surface area (Å²) in [4.78, 5) is 7.40. The van der Waals surface area contributed by atoms with E-state index in [2.05, 4.69) is 8.92 Å². The van der Waals surface area contributed by atoms with Gasteiger partial charge in [0, 0.05) is 12.3 Å². The summed E-state index contributed by atoms with van der Waals surface area (Å²) in [6.45, 7) is 5.37. The zero-order chi connectivity index (χ0) is 26.8. The van der Waals surface area contributed by atoms with Crippen molar-refractivity contribution in [3.8, 4) is 11.5 Å². The van der Waals surface area contributed by atoms with E-state index in [4.69, 9.17) is 4.74 Å². The molecule has 0 amide bonds. The molecule has 0 aliphatic rings. The molecule has 0 spiro atoms. The third-order valence-electron chi connectivity index (χ3n) is 3.99. The molecule has 0 heterocycles. The molecule has 2 aromatic rings. The summed E-state index contributed by atoms with van der Waals surface area (Å²) in [7, 11) is -12.6. The van der Waals surface area contributed by atoms with Crippen molar-refractivity contribution < 1.29 is 50.5 Å². The smallest absolute Gasteiger partial charge is 0.338 e. The minimum absolute atomic E-state index is 0.0938. The van der Waals surface area contributed by atoms with Gasteiger partial charge in [0.1, 0.15) is 21.3 Å². The predicted molar refractivity (Wildman–Crippen MR) is 118 cm³/mol. The number of hydrogen-bond donors (Lipinski definition) is 0. The average Bonchev–Trinajstić information content (AvgIpc) is 2.71. The van der Waals surface area contributed by atoms with E-state index in [1.807, 2.05) is 13.8 Å². The lowest BCUT2D eigenvalue weighted by Gasteiger charge is -2.41. The Morgan fingerprint density at radius 2 is 1.56 bits per heavy atom. The summed E-state index contributed by atoms with van der Waals surface area (Å²) < 4.78 is 118. The third kappa shape index (κ3) is 7.13. The van der Waals surface area contributed by atoms with E-state index in [9.17, 15) is 36.9 Å². The highest BCUT2D eigenvalue weighted by molar-refractivity contribution is 8.45. The van der Waals surface area contributed by atoms with Crippen molar-refractivity contribution in [3.63, 3.8) is 0 Å². The Bertz CT molecular complexity index is 1230. The lowest BCUT2D eigenvalue weighted by atomic mass is 10.1. The van der Waals surface area contributed by atoms with Gasteiger partial charge in [-0.25, -0.2) is 17.4 Å². The maximum Gasteiger partial charge on any atom is 0.338 e. The van der Waals surface area contributed by atoms with Gasteiger partial charge in [-0.1, -0.05) is 33.3 Å². The van der Waals surface area contributed by atoms with Gasteiger partial charge < -0.3 is 9.47 Å². The molecule has 194 valence electrons. The summed E-state index contributed by atoms with van der Waals surface area (Å²) in [5, 5.41) is 0. The number of aryl methyl sites for hydroxylation is 1. The second kappa shape index (κ2) is 9.43. The Labute approximate surface area is 196 Å². The second-order valence-corrected chi connectivity index (χ2v) is 12.1. The predicted octanol–water partition coefficient (Wildman–Crippen LogP) is 6.33. The maximum absolute atomic E-state index is 13.5. The van der Waals surface area contributed by atoms with Crippen molar-refractivity contribution in [1.29, 1.82) is 0 Å². The van der Waals surface area contributed by atoms with Gasteiger partial charge in [0.25, 0.3) is 0 Å². The average molecular weight is 555 g/mol. The normalized spacial score (nSPS) is 14.7. The third-order valence-corrected chi connectivity index (χ3v) is 7.42. The van der Waals surface area contributed by atoms with E-state index in [0.29, 0.717) is 6.07 Å². The molecule has 0 radical (unpaired) electrons. The summed E-state index contributed by atoms with van der Waals surface area (Å²) in [6, 6.07) is 3.09. The molecule has 0 fully saturated rings. The van der Waals surface area contributed by atoms with Crippen LogP contribution < -0.4 is 4.74 Å². The molecular formula is C19H23F5O7S3. The lowest BCUT2D eigenvalue weighted by Crippen LogP contribution is -2.11. The van der Waals surface area contributed by atoms with Crippen LogP contribution in [-0.2, 0) is 29.8 Å². The molecule has 2 aromatic carbocycles. The van der Waals surface area contributed by atoms with E-state index in [1.165, 1.54) is 6.92 Å². The summed E-state index contributed by atoms with van der Waals surface area (Å²) in [5.41, 5.74) is -0.0110. The second-order valence-electron chi connectivity index (χ2n) is 6.46. The van der Waals surface area contributed by atoms with Crippen LogP contribution in [0.1, 0.15) is 29.8 Å². The molecule has 2 rings (SSSR count). The Morgan fingerprint density at radius 3 is 2.00 bits per heavy atom. The van der Waals surface area contributed by atoms with E-state index in [0.717, 1.165) is 38.7 Å². The van der Waals surface area contributed by atoms with Gasteiger partial charge in [-0.2, -0.15) is 0 Å². The van der Waals surface area contributed by atoms with Crippen molar-refractivity contribution >= 4 is 37.1 Å². The molecule has 0 bridgehead atoms. The number of benzene rings is 2. The lowest BCUT2D eigenvalue weighted by molar-refractivity contribution is 0.0599. The Morgan fingerprint density at radius 1 is 1.00 bits per heavy atom. The number of carbonyl (C=O) groups excluding carboxylic acids is 1. The van der Waals surface area contributed by atoms with Crippen LogP contribution in [0.15, 0.2) is 45.0 Å². The molecule has 1 unspecified atom stereocenters. The van der Waals surface area contributed by atoms with Crippen molar-refractivity contribution in [2.45, 2.75) is 35.5 Å². The number of ether oxygens (including phenoxy) is 2. The largest absolute Gasteiger partial charge is 0.465 e. The van der Waals surface area contributed by atoms with E-state index in [-0.39, 0.29) is 17.2 Å². The van der Waals surface area contributed by atoms with Gasteiger partial charge in [-0.3, -0.25) is 4.18 Å². The first-order valence-corrected chi connectivity index (χ1v) is 14.2. The fourth-order valence-corrected chi connectivity index (χ4v) is 5.41. The fraction of sp³-hybridized carbons (Fsp3) is 0.316. The van der Waals surface area contributed by atoms with Gasteiger partial charge in [0.15, 0.2) is 20.9 Å². The highest BCUT2D eigenvalue weighted by Gasteiger charge is 2.67. The van der Waals surface area contributed by atoms with Crippen molar-refractivity contribution in [2.24, 2.45) is 0 Å². The quantitative estimate of drug-likeness (QED) is 0.292. The number of halogens is 5. The minimum Gasteiger partial charge on any atom is -0.465 e. The first kappa shape index (κ1) is 29.8. The van der Waals surface area contributed by atoms with E-state index in [1.54, 1.807) is 0 Å². The molecular weight excluding hydrogens is 531 g/mol. The molecule has 0 aliphatic carbocycles. The van der Waals surface area contributed by atoms with Crippen molar-refractivity contribution in [1.82, 2.24) is 0 Å². The standard InChI is InChI=1S/C17H17F5O7S3.C2H6/c1-10-7-13(15(31(4,25)26)9-12(10)17(23)27-2)29-11-5-6-14(30(24)28-3)16(8-11)32(18,19,20,21)22;1-2/h5-9H,1-4H3;1-2H3. The minimum atomic E-state index is -10.4. The van der Waals surface area contributed by atoms with Crippen LogP contribution >= 0.6 is 10.2 Å². The van der Waals surface area contributed by atoms with E-state index < -0.39 is 63.3 Å². The molecule has 1 atom stereocenters. The highest BCUT2D eigenvalue weighted by atomic mass is 32.5. The number of methoxy groups -OCH3 is 1. The van der Waals surface area contributed by atoms with E-state index >= 15 is 0 Å². The Balaban J connectivity index is 0.00000281. The van der Waals surface area contributed by atoms with Crippen LogP contribution in [0.2, 0.25) is 0 Å². The number of esters is 1. The van der Waals surface area contributed by atoms with Crippen LogP contribution in [0.4, 0.5) is 19.4 Å². The van der Waals surface area contributed by atoms with Gasteiger partial charge in [0.2, 0.25) is 0 Å². The highest BCUT2D eigenvalue weighted by Crippen LogP contribution is 3.02. The molecule has 0 aromatic heterocycles. The van der Waals surface area contributed by atoms with Crippen LogP contribution in [0.25, 0.3) is 0 Å². The fourth-order valence-electron chi connectivity index (χ4n) is 2.57. The first-order valence-electron chi connectivity index (χ1n) is 9.23. The van der Waals surface area contributed by atoms with Crippen LogP contribution in [0, 0.1) is 6.92 Å². The summed E-state index contributed by atoms with van der Waals surface area (Å²) >= 11 is -2.86.